The summed E-state index contributed by atoms with van der Waals surface area (Å²) in [6, 6.07) is 8.98. The van der Waals surface area contributed by atoms with E-state index in [2.05, 4.69) is 26.1 Å². The maximum atomic E-state index is 12.4. The SMILES string of the molecule is CCC(NC1CC(=O)N(c2ccccc2)C1=O)C(C)C. The van der Waals surface area contributed by atoms with Crippen molar-refractivity contribution < 1.29 is 9.59 Å². The molecule has 1 aliphatic rings. The van der Waals surface area contributed by atoms with Crippen LogP contribution in [0.5, 0.6) is 0 Å². The van der Waals surface area contributed by atoms with Crippen LogP contribution in [-0.2, 0) is 9.59 Å². The molecule has 2 unspecified atom stereocenters. The number of carbonyl (C=O) groups is 2. The van der Waals surface area contributed by atoms with Gasteiger partial charge in [0.1, 0.15) is 0 Å². The third-order valence-electron chi connectivity index (χ3n) is 3.82. The molecule has 0 bridgehead atoms. The van der Waals surface area contributed by atoms with Gasteiger partial charge < -0.3 is 5.32 Å². The molecule has 0 aromatic heterocycles. The molecule has 0 radical (unpaired) electrons. The average molecular weight is 274 g/mol. The highest BCUT2D eigenvalue weighted by Gasteiger charge is 2.40. The van der Waals surface area contributed by atoms with Crippen molar-refractivity contribution >= 4 is 17.5 Å². The van der Waals surface area contributed by atoms with Crippen molar-refractivity contribution in [3.63, 3.8) is 0 Å². The average Bonchev–Trinajstić information content (AvgIpc) is 2.71. The number of anilines is 1. The number of amides is 2. The monoisotopic (exact) mass is 274 g/mol. The lowest BCUT2D eigenvalue weighted by atomic mass is 10.0. The molecule has 1 heterocycles. The summed E-state index contributed by atoms with van der Waals surface area (Å²) < 4.78 is 0. The second-order valence-corrected chi connectivity index (χ2v) is 5.59. The zero-order valence-electron chi connectivity index (χ0n) is 12.3. The van der Waals surface area contributed by atoms with Crippen molar-refractivity contribution in [2.45, 2.75) is 45.7 Å². The maximum absolute atomic E-state index is 12.4. The lowest BCUT2D eigenvalue weighted by molar-refractivity contribution is -0.121. The highest BCUT2D eigenvalue weighted by molar-refractivity contribution is 6.22. The van der Waals surface area contributed by atoms with Crippen LogP contribution >= 0.6 is 0 Å². The lowest BCUT2D eigenvalue weighted by Gasteiger charge is -2.24. The molecule has 2 rings (SSSR count). The van der Waals surface area contributed by atoms with Crippen LogP contribution in [0.4, 0.5) is 5.69 Å². The Morgan fingerprint density at radius 1 is 1.25 bits per heavy atom. The van der Waals surface area contributed by atoms with Gasteiger partial charge in [-0.3, -0.25) is 9.59 Å². The molecule has 0 saturated carbocycles. The van der Waals surface area contributed by atoms with Crippen LogP contribution in [0, 0.1) is 5.92 Å². The van der Waals surface area contributed by atoms with Gasteiger partial charge in [0.15, 0.2) is 0 Å². The van der Waals surface area contributed by atoms with Gasteiger partial charge in [0.2, 0.25) is 5.91 Å². The maximum Gasteiger partial charge on any atom is 0.251 e. The summed E-state index contributed by atoms with van der Waals surface area (Å²) >= 11 is 0. The van der Waals surface area contributed by atoms with Gasteiger partial charge in [0.25, 0.3) is 5.91 Å². The van der Waals surface area contributed by atoms with Crippen LogP contribution in [-0.4, -0.2) is 23.9 Å². The summed E-state index contributed by atoms with van der Waals surface area (Å²) in [5.74, 6) is 0.172. The number of imide groups is 1. The van der Waals surface area contributed by atoms with E-state index in [0.29, 0.717) is 11.6 Å². The van der Waals surface area contributed by atoms with E-state index in [1.807, 2.05) is 18.2 Å². The topological polar surface area (TPSA) is 49.4 Å². The summed E-state index contributed by atoms with van der Waals surface area (Å²) in [7, 11) is 0. The highest BCUT2D eigenvalue weighted by Crippen LogP contribution is 2.23. The number of rotatable bonds is 5. The molecule has 0 aliphatic carbocycles. The standard InChI is InChI=1S/C16H22N2O2/c1-4-13(11(2)3)17-14-10-15(19)18(16(14)20)12-8-6-5-7-9-12/h5-9,11,13-14,17H,4,10H2,1-3H3. The molecule has 108 valence electrons. The number of benzene rings is 1. The van der Waals surface area contributed by atoms with E-state index < -0.39 is 6.04 Å². The molecule has 1 fully saturated rings. The minimum absolute atomic E-state index is 0.127. The zero-order chi connectivity index (χ0) is 14.7. The Hall–Kier alpha value is -1.68. The molecule has 20 heavy (non-hydrogen) atoms. The van der Waals surface area contributed by atoms with E-state index in [9.17, 15) is 9.59 Å². The van der Waals surface area contributed by atoms with Gasteiger partial charge in [0, 0.05) is 6.04 Å². The minimum atomic E-state index is -0.393. The quantitative estimate of drug-likeness (QED) is 0.838. The van der Waals surface area contributed by atoms with Gasteiger partial charge in [-0.05, 0) is 24.5 Å². The third-order valence-corrected chi connectivity index (χ3v) is 3.82. The molecule has 0 spiro atoms. The lowest BCUT2D eigenvalue weighted by Crippen LogP contribution is -2.45. The van der Waals surface area contributed by atoms with Crippen molar-refractivity contribution in [2.24, 2.45) is 5.92 Å². The van der Waals surface area contributed by atoms with E-state index in [1.165, 1.54) is 4.90 Å². The van der Waals surface area contributed by atoms with Gasteiger partial charge in [0.05, 0.1) is 18.2 Å². The Labute approximate surface area is 120 Å². The number of hydrogen-bond acceptors (Lipinski definition) is 3. The van der Waals surface area contributed by atoms with Gasteiger partial charge in [-0.1, -0.05) is 39.0 Å². The fourth-order valence-electron chi connectivity index (χ4n) is 2.65. The second kappa shape index (κ2) is 6.18. The van der Waals surface area contributed by atoms with Crippen molar-refractivity contribution in [1.29, 1.82) is 0 Å². The molecule has 1 aromatic rings. The van der Waals surface area contributed by atoms with Crippen LogP contribution in [0.1, 0.15) is 33.6 Å². The Balaban J connectivity index is 2.13. The van der Waals surface area contributed by atoms with Gasteiger partial charge in [-0.25, -0.2) is 4.90 Å². The molecule has 1 aliphatic heterocycles. The molecule has 1 saturated heterocycles. The van der Waals surface area contributed by atoms with Crippen LogP contribution < -0.4 is 10.2 Å². The van der Waals surface area contributed by atoms with E-state index in [-0.39, 0.29) is 24.3 Å². The third kappa shape index (κ3) is 2.90. The first-order valence-electron chi connectivity index (χ1n) is 7.22. The highest BCUT2D eigenvalue weighted by atomic mass is 16.2. The normalized spacial score (nSPS) is 20.8. The van der Waals surface area contributed by atoms with Crippen LogP contribution in [0.15, 0.2) is 30.3 Å². The molecule has 2 atom stereocenters. The molecule has 1 aromatic carbocycles. The first-order valence-corrected chi connectivity index (χ1v) is 7.22. The van der Waals surface area contributed by atoms with Crippen LogP contribution in [0.2, 0.25) is 0 Å². The zero-order valence-corrected chi connectivity index (χ0v) is 12.3. The molecule has 2 amide bonds. The second-order valence-electron chi connectivity index (χ2n) is 5.59. The van der Waals surface area contributed by atoms with E-state index >= 15 is 0 Å². The number of carbonyl (C=O) groups excluding carboxylic acids is 2. The summed E-state index contributed by atoms with van der Waals surface area (Å²) in [5, 5.41) is 3.33. The number of nitrogens with zero attached hydrogens (tertiary/aromatic N) is 1. The first kappa shape index (κ1) is 14.7. The van der Waals surface area contributed by atoms with Crippen LogP contribution in [0.25, 0.3) is 0 Å². The Kier molecular flexibility index (Phi) is 4.55. The number of para-hydroxylation sites is 1. The minimum Gasteiger partial charge on any atom is -0.302 e. The molecule has 4 nitrogen and oxygen atoms in total. The first-order chi connectivity index (χ1) is 9.54. The van der Waals surface area contributed by atoms with Crippen molar-refractivity contribution in [1.82, 2.24) is 5.32 Å². The summed E-state index contributed by atoms with van der Waals surface area (Å²) in [6.45, 7) is 6.34. The fourth-order valence-corrected chi connectivity index (χ4v) is 2.65. The summed E-state index contributed by atoms with van der Waals surface area (Å²) in [5.41, 5.74) is 0.657. The Morgan fingerprint density at radius 2 is 1.90 bits per heavy atom. The number of nitrogens with one attached hydrogen (secondary N) is 1. The van der Waals surface area contributed by atoms with Gasteiger partial charge >= 0.3 is 0 Å². The predicted octanol–water partition coefficient (Wildman–Crippen LogP) is 2.34. The predicted molar refractivity (Wildman–Crippen MR) is 79.4 cm³/mol. The van der Waals surface area contributed by atoms with Crippen molar-refractivity contribution in [2.75, 3.05) is 4.90 Å². The summed E-state index contributed by atoms with van der Waals surface area (Å²) in [4.78, 5) is 25.8. The largest absolute Gasteiger partial charge is 0.302 e. The smallest absolute Gasteiger partial charge is 0.251 e. The van der Waals surface area contributed by atoms with Crippen molar-refractivity contribution in [3.05, 3.63) is 30.3 Å². The fraction of sp³-hybridized carbons (Fsp3) is 0.500. The number of hydrogen-bond donors (Lipinski definition) is 1. The van der Waals surface area contributed by atoms with E-state index in [0.717, 1.165) is 6.42 Å². The Morgan fingerprint density at radius 3 is 2.45 bits per heavy atom. The van der Waals surface area contributed by atoms with E-state index in [1.54, 1.807) is 12.1 Å². The van der Waals surface area contributed by atoms with Gasteiger partial charge in [-0.2, -0.15) is 0 Å². The molecule has 1 N–H and O–H groups in total. The van der Waals surface area contributed by atoms with Gasteiger partial charge in [-0.15, -0.1) is 0 Å². The Bertz CT molecular complexity index is 485. The molecule has 4 heteroatoms. The van der Waals surface area contributed by atoms with E-state index in [4.69, 9.17) is 0 Å². The van der Waals surface area contributed by atoms with Crippen LogP contribution in [0.3, 0.4) is 0 Å². The summed E-state index contributed by atoms with van der Waals surface area (Å²) in [6.07, 6.45) is 1.19. The molecular weight excluding hydrogens is 252 g/mol. The van der Waals surface area contributed by atoms with Crippen molar-refractivity contribution in [3.8, 4) is 0 Å². The molecular formula is C16H22N2O2.